The first-order valence-electron chi connectivity index (χ1n) is 5.33. The fraction of sp³-hybridized carbons (Fsp3) is 0.364. The van der Waals surface area contributed by atoms with Crippen LogP contribution >= 0.6 is 27.5 Å². The zero-order chi connectivity index (χ0) is 12.4. The molecular weight excluding hydrogens is 304 g/mol. The Morgan fingerprint density at radius 3 is 2.76 bits per heavy atom. The summed E-state index contributed by atoms with van der Waals surface area (Å²) in [7, 11) is 1.86. The number of halogens is 2. The van der Waals surface area contributed by atoms with Crippen LogP contribution in [0.5, 0.6) is 0 Å². The maximum Gasteiger partial charge on any atom is 0.179 e. The molecule has 0 bridgehead atoms. The van der Waals surface area contributed by atoms with Gasteiger partial charge in [-0.2, -0.15) is 5.10 Å². The van der Waals surface area contributed by atoms with Gasteiger partial charge in [0, 0.05) is 13.2 Å². The average molecular weight is 316 g/mol. The third-order valence-electron chi connectivity index (χ3n) is 2.42. The normalized spacial score (nSPS) is 10.8. The van der Waals surface area contributed by atoms with Crippen LogP contribution in [-0.2, 0) is 13.5 Å². The Hall–Kier alpha value is -0.940. The Kier molecular flexibility index (Phi) is 3.79. The molecule has 0 aliphatic rings. The maximum absolute atomic E-state index is 6.10. The molecule has 6 heteroatoms. The van der Waals surface area contributed by atoms with E-state index in [0.29, 0.717) is 11.0 Å². The van der Waals surface area contributed by atoms with Gasteiger partial charge in [-0.05, 0) is 28.4 Å². The van der Waals surface area contributed by atoms with Crippen LogP contribution in [0, 0.1) is 0 Å². The summed E-state index contributed by atoms with van der Waals surface area (Å²) in [6.07, 6.45) is 3.60. The molecule has 0 saturated carbocycles. The van der Waals surface area contributed by atoms with Crippen LogP contribution in [-0.4, -0.2) is 19.7 Å². The van der Waals surface area contributed by atoms with Gasteiger partial charge >= 0.3 is 0 Å². The van der Waals surface area contributed by atoms with Gasteiger partial charge in [-0.1, -0.05) is 24.9 Å². The quantitative estimate of drug-likeness (QED) is 0.817. The molecule has 0 aliphatic heterocycles. The number of aryl methyl sites for hydroxylation is 2. The fourth-order valence-electron chi connectivity index (χ4n) is 1.57. The van der Waals surface area contributed by atoms with Crippen molar-refractivity contribution in [3.05, 3.63) is 27.6 Å². The van der Waals surface area contributed by atoms with Gasteiger partial charge in [0.1, 0.15) is 10.8 Å². The molecule has 2 rings (SSSR count). The lowest BCUT2D eigenvalue weighted by atomic mass is 10.2. The third kappa shape index (κ3) is 2.50. The molecule has 0 fully saturated rings. The van der Waals surface area contributed by atoms with E-state index in [-0.39, 0.29) is 0 Å². The van der Waals surface area contributed by atoms with E-state index >= 15 is 0 Å². The van der Waals surface area contributed by atoms with Crippen molar-refractivity contribution in [2.24, 2.45) is 7.05 Å². The smallest absolute Gasteiger partial charge is 0.179 e. The SMILES string of the molecule is CCCc1nc(-c2ccnn2C)nc(Cl)c1Br. The van der Waals surface area contributed by atoms with Gasteiger partial charge in [-0.15, -0.1) is 0 Å². The number of aromatic nitrogens is 4. The van der Waals surface area contributed by atoms with Crippen molar-refractivity contribution in [2.45, 2.75) is 19.8 Å². The average Bonchev–Trinajstić information content (AvgIpc) is 2.71. The molecule has 0 atom stereocenters. The zero-order valence-electron chi connectivity index (χ0n) is 9.61. The largest absolute Gasteiger partial charge is 0.265 e. The van der Waals surface area contributed by atoms with Crippen molar-refractivity contribution in [1.82, 2.24) is 19.7 Å². The van der Waals surface area contributed by atoms with Crippen molar-refractivity contribution in [2.75, 3.05) is 0 Å². The molecule has 2 aromatic heterocycles. The summed E-state index contributed by atoms with van der Waals surface area (Å²) in [6, 6.07) is 1.87. The molecule has 0 N–H and O–H groups in total. The molecular formula is C11H12BrClN4. The minimum absolute atomic E-state index is 0.444. The third-order valence-corrected chi connectivity index (χ3v) is 3.75. The standard InChI is InChI=1S/C11H12BrClN4/c1-3-4-7-9(12)10(13)16-11(15-7)8-5-6-14-17(8)2/h5-6H,3-4H2,1-2H3. The van der Waals surface area contributed by atoms with Crippen LogP contribution in [0.4, 0.5) is 0 Å². The lowest BCUT2D eigenvalue weighted by Gasteiger charge is -2.07. The lowest BCUT2D eigenvalue weighted by molar-refractivity contribution is 0.766. The predicted octanol–water partition coefficient (Wildman–Crippen LogP) is 3.25. The van der Waals surface area contributed by atoms with Crippen molar-refractivity contribution >= 4 is 27.5 Å². The second-order valence-electron chi connectivity index (χ2n) is 3.69. The van der Waals surface area contributed by atoms with Crippen LogP contribution in [0.1, 0.15) is 19.0 Å². The summed E-state index contributed by atoms with van der Waals surface area (Å²) < 4.78 is 2.52. The van der Waals surface area contributed by atoms with Gasteiger partial charge in [-0.3, -0.25) is 4.68 Å². The van der Waals surface area contributed by atoms with Gasteiger partial charge in [0.15, 0.2) is 5.82 Å². The highest BCUT2D eigenvalue weighted by Crippen LogP contribution is 2.27. The highest BCUT2D eigenvalue weighted by molar-refractivity contribution is 9.10. The maximum atomic E-state index is 6.10. The zero-order valence-corrected chi connectivity index (χ0v) is 12.0. The number of rotatable bonds is 3. The van der Waals surface area contributed by atoms with E-state index < -0.39 is 0 Å². The summed E-state index contributed by atoms with van der Waals surface area (Å²) in [4.78, 5) is 8.79. The summed E-state index contributed by atoms with van der Waals surface area (Å²) in [5.41, 5.74) is 1.79. The van der Waals surface area contributed by atoms with Gasteiger partial charge in [0.25, 0.3) is 0 Å². The van der Waals surface area contributed by atoms with E-state index in [2.05, 4.69) is 37.9 Å². The van der Waals surface area contributed by atoms with Gasteiger partial charge in [0.05, 0.1) is 10.2 Å². The van der Waals surface area contributed by atoms with Crippen molar-refractivity contribution in [3.8, 4) is 11.5 Å². The van der Waals surface area contributed by atoms with Gasteiger partial charge in [-0.25, -0.2) is 9.97 Å². The molecule has 0 radical (unpaired) electrons. The van der Waals surface area contributed by atoms with Crippen LogP contribution in [0.2, 0.25) is 5.15 Å². The van der Waals surface area contributed by atoms with Crippen molar-refractivity contribution in [3.63, 3.8) is 0 Å². The Bertz CT molecular complexity index is 538. The van der Waals surface area contributed by atoms with E-state index in [0.717, 1.165) is 28.7 Å². The molecule has 2 heterocycles. The number of nitrogens with zero attached hydrogens (tertiary/aromatic N) is 4. The fourth-order valence-corrected chi connectivity index (χ4v) is 2.14. The molecule has 17 heavy (non-hydrogen) atoms. The first-order chi connectivity index (χ1) is 8.13. The van der Waals surface area contributed by atoms with E-state index in [9.17, 15) is 0 Å². The number of hydrogen-bond acceptors (Lipinski definition) is 3. The molecule has 0 saturated heterocycles. The number of hydrogen-bond donors (Lipinski definition) is 0. The molecule has 4 nitrogen and oxygen atoms in total. The van der Waals surface area contributed by atoms with Crippen LogP contribution in [0.3, 0.4) is 0 Å². The Labute approximate surface area is 113 Å². The second-order valence-corrected chi connectivity index (χ2v) is 4.84. The molecule has 90 valence electrons. The topological polar surface area (TPSA) is 43.6 Å². The van der Waals surface area contributed by atoms with E-state index in [1.54, 1.807) is 10.9 Å². The Morgan fingerprint density at radius 2 is 2.18 bits per heavy atom. The van der Waals surface area contributed by atoms with E-state index in [4.69, 9.17) is 11.6 Å². The van der Waals surface area contributed by atoms with Gasteiger partial charge < -0.3 is 0 Å². The van der Waals surface area contributed by atoms with E-state index in [1.165, 1.54) is 0 Å². The van der Waals surface area contributed by atoms with Crippen molar-refractivity contribution < 1.29 is 0 Å². The van der Waals surface area contributed by atoms with Crippen LogP contribution in [0.15, 0.2) is 16.7 Å². The van der Waals surface area contributed by atoms with Crippen LogP contribution < -0.4 is 0 Å². The molecule has 2 aromatic rings. The summed E-state index contributed by atoms with van der Waals surface area (Å²) in [5, 5.41) is 4.55. The molecule has 0 aromatic carbocycles. The second kappa shape index (κ2) is 5.14. The Balaban J connectivity index is 2.53. The van der Waals surface area contributed by atoms with Crippen LogP contribution in [0.25, 0.3) is 11.5 Å². The van der Waals surface area contributed by atoms with Gasteiger partial charge in [0.2, 0.25) is 0 Å². The summed E-state index contributed by atoms with van der Waals surface area (Å²) in [5.74, 6) is 0.613. The summed E-state index contributed by atoms with van der Waals surface area (Å²) in [6.45, 7) is 2.10. The minimum Gasteiger partial charge on any atom is -0.265 e. The molecule has 0 amide bonds. The highest BCUT2D eigenvalue weighted by Gasteiger charge is 2.13. The lowest BCUT2D eigenvalue weighted by Crippen LogP contribution is -2.02. The first-order valence-corrected chi connectivity index (χ1v) is 6.51. The Morgan fingerprint density at radius 1 is 1.41 bits per heavy atom. The van der Waals surface area contributed by atoms with Crippen molar-refractivity contribution in [1.29, 1.82) is 0 Å². The molecule has 0 spiro atoms. The predicted molar refractivity (Wildman–Crippen MR) is 70.9 cm³/mol. The highest BCUT2D eigenvalue weighted by atomic mass is 79.9. The van der Waals surface area contributed by atoms with E-state index in [1.807, 2.05) is 13.1 Å². The summed E-state index contributed by atoms with van der Waals surface area (Å²) >= 11 is 9.51. The monoisotopic (exact) mass is 314 g/mol. The first kappa shape index (κ1) is 12.5. The molecule has 0 aliphatic carbocycles. The molecule has 0 unspecified atom stereocenters. The minimum atomic E-state index is 0.444.